The van der Waals surface area contributed by atoms with Crippen molar-refractivity contribution in [3.05, 3.63) is 35.4 Å². The second-order valence-electron chi connectivity index (χ2n) is 2.08. The van der Waals surface area contributed by atoms with E-state index in [2.05, 4.69) is 23.7 Å². The SMILES string of the molecule is C1#Cc2ccc(cc2)C#C1. The van der Waals surface area contributed by atoms with E-state index in [1.807, 2.05) is 24.3 Å². The molecule has 2 aliphatic rings. The molecule has 3 rings (SSSR count). The lowest BCUT2D eigenvalue weighted by atomic mass is 10.1. The van der Waals surface area contributed by atoms with Crippen LogP contribution in [-0.2, 0) is 0 Å². The molecule has 1 aromatic carbocycles. The molecule has 0 heteroatoms. The fraction of sp³-hybridized carbons (Fsp3) is 0. The van der Waals surface area contributed by atoms with Crippen LogP contribution in [0, 0.1) is 23.7 Å². The first-order valence-electron chi connectivity index (χ1n) is 3.07. The Hall–Kier alpha value is -1.66. The number of hydrogen-bond acceptors (Lipinski definition) is 0. The summed E-state index contributed by atoms with van der Waals surface area (Å²) in [6.07, 6.45) is 0. The maximum absolute atomic E-state index is 2.92. The van der Waals surface area contributed by atoms with Crippen LogP contribution >= 0.6 is 0 Å². The average Bonchev–Trinajstić information content (AvgIpc) is 1.89. The zero-order chi connectivity index (χ0) is 6.81. The molecule has 0 saturated heterocycles. The molecule has 0 N–H and O–H groups in total. The van der Waals surface area contributed by atoms with Gasteiger partial charge in [-0.1, -0.05) is 11.8 Å². The fourth-order valence-electron chi connectivity index (χ4n) is 0.844. The fourth-order valence-corrected chi connectivity index (χ4v) is 0.844. The van der Waals surface area contributed by atoms with Crippen LogP contribution in [0.3, 0.4) is 0 Å². The van der Waals surface area contributed by atoms with Crippen molar-refractivity contribution in [2.45, 2.75) is 0 Å². The highest BCUT2D eigenvalue weighted by Crippen LogP contribution is 2.02. The van der Waals surface area contributed by atoms with Crippen LogP contribution in [-0.4, -0.2) is 0 Å². The van der Waals surface area contributed by atoms with E-state index >= 15 is 0 Å². The summed E-state index contributed by atoms with van der Waals surface area (Å²) in [5.41, 5.74) is 2.08. The maximum Gasteiger partial charge on any atom is 0.0256 e. The lowest BCUT2D eigenvalue weighted by Crippen LogP contribution is -1.78. The zero-order valence-corrected chi connectivity index (χ0v) is 5.31. The summed E-state index contributed by atoms with van der Waals surface area (Å²) in [5.74, 6) is 11.3. The predicted molar refractivity (Wildman–Crippen MR) is 40.2 cm³/mol. The van der Waals surface area contributed by atoms with Crippen LogP contribution in [0.2, 0.25) is 0 Å². The van der Waals surface area contributed by atoms with E-state index in [1.54, 1.807) is 0 Å². The molecule has 2 aliphatic carbocycles. The van der Waals surface area contributed by atoms with E-state index < -0.39 is 0 Å². The van der Waals surface area contributed by atoms with Crippen molar-refractivity contribution in [1.82, 2.24) is 0 Å². The van der Waals surface area contributed by atoms with Gasteiger partial charge in [0.25, 0.3) is 0 Å². The van der Waals surface area contributed by atoms with Gasteiger partial charge in [0.2, 0.25) is 0 Å². The Morgan fingerprint density at radius 3 is 1.50 bits per heavy atom. The summed E-state index contributed by atoms with van der Waals surface area (Å²) in [5, 5.41) is 0. The van der Waals surface area contributed by atoms with Crippen LogP contribution in [0.1, 0.15) is 11.1 Å². The van der Waals surface area contributed by atoms with E-state index in [9.17, 15) is 0 Å². The third-order valence-corrected chi connectivity index (χ3v) is 1.36. The van der Waals surface area contributed by atoms with Crippen molar-refractivity contribution < 1.29 is 0 Å². The molecule has 0 nitrogen and oxygen atoms in total. The molecule has 2 bridgehead atoms. The molecule has 0 amide bonds. The van der Waals surface area contributed by atoms with Gasteiger partial charge in [-0.25, -0.2) is 0 Å². The summed E-state index contributed by atoms with van der Waals surface area (Å²) in [7, 11) is 0. The molecule has 0 radical (unpaired) electrons. The average molecular weight is 124 g/mol. The van der Waals surface area contributed by atoms with Gasteiger partial charge in [0.05, 0.1) is 0 Å². The lowest BCUT2D eigenvalue weighted by molar-refractivity contribution is 1.60. The number of rotatable bonds is 0. The minimum atomic E-state index is 1.04. The number of hydrogen-bond donors (Lipinski definition) is 0. The Morgan fingerprint density at radius 2 is 1.10 bits per heavy atom. The molecule has 1 aromatic rings. The second kappa shape index (κ2) is 1.94. The summed E-state index contributed by atoms with van der Waals surface area (Å²) < 4.78 is 0. The van der Waals surface area contributed by atoms with Gasteiger partial charge in [-0.3, -0.25) is 0 Å². The topological polar surface area (TPSA) is 0 Å². The molecule has 0 heterocycles. The molecular formula is C10H4. The van der Waals surface area contributed by atoms with Crippen molar-refractivity contribution in [1.29, 1.82) is 0 Å². The monoisotopic (exact) mass is 124 g/mol. The maximum atomic E-state index is 2.92. The van der Waals surface area contributed by atoms with E-state index in [-0.39, 0.29) is 0 Å². The molecule has 0 aromatic heterocycles. The van der Waals surface area contributed by atoms with Gasteiger partial charge in [0.15, 0.2) is 0 Å². The third kappa shape index (κ3) is 0.768. The van der Waals surface area contributed by atoms with Crippen LogP contribution < -0.4 is 0 Å². The first kappa shape index (κ1) is 5.15. The summed E-state index contributed by atoms with van der Waals surface area (Å²) in [6.45, 7) is 0. The summed E-state index contributed by atoms with van der Waals surface area (Å²) >= 11 is 0. The molecule has 0 spiro atoms. The molecule has 0 unspecified atom stereocenters. The highest BCUT2D eigenvalue weighted by Gasteiger charge is 1.88. The van der Waals surface area contributed by atoms with Gasteiger partial charge in [-0.15, -0.1) is 0 Å². The van der Waals surface area contributed by atoms with E-state index in [1.165, 1.54) is 0 Å². The number of benzene rings is 1. The molecule has 0 atom stereocenters. The van der Waals surface area contributed by atoms with Crippen molar-refractivity contribution in [2.24, 2.45) is 0 Å². The lowest BCUT2D eigenvalue weighted by Gasteiger charge is -1.91. The Labute approximate surface area is 59.9 Å². The van der Waals surface area contributed by atoms with Crippen LogP contribution in [0.15, 0.2) is 24.3 Å². The van der Waals surface area contributed by atoms with Gasteiger partial charge in [0, 0.05) is 11.1 Å². The highest BCUT2D eigenvalue weighted by atomic mass is 13.9. The third-order valence-electron chi connectivity index (χ3n) is 1.36. The molecule has 0 saturated carbocycles. The van der Waals surface area contributed by atoms with Crippen LogP contribution in [0.5, 0.6) is 0 Å². The summed E-state index contributed by atoms with van der Waals surface area (Å²) in [4.78, 5) is 0. The van der Waals surface area contributed by atoms with Crippen molar-refractivity contribution in [2.75, 3.05) is 0 Å². The van der Waals surface area contributed by atoms with Crippen LogP contribution in [0.4, 0.5) is 0 Å². The van der Waals surface area contributed by atoms with Crippen molar-refractivity contribution in [3.63, 3.8) is 0 Å². The largest absolute Gasteiger partial charge is 0.0528 e. The molecular weight excluding hydrogens is 120 g/mol. The highest BCUT2D eigenvalue weighted by molar-refractivity contribution is 5.49. The van der Waals surface area contributed by atoms with Gasteiger partial charge >= 0.3 is 0 Å². The van der Waals surface area contributed by atoms with E-state index in [0.29, 0.717) is 0 Å². The normalized spacial score (nSPS) is 10.0. The number of fused-ring (bicyclic) bond motifs is 3. The minimum Gasteiger partial charge on any atom is -0.0528 e. The smallest absolute Gasteiger partial charge is 0.0256 e. The first-order chi connectivity index (χ1) is 4.95. The molecule has 44 valence electrons. The standard InChI is InChI=1S/C10H4/c1-2-4-10-7-5-9(3-1)6-8-10/h5-8H. The van der Waals surface area contributed by atoms with Gasteiger partial charge in [0.1, 0.15) is 0 Å². The first-order valence-corrected chi connectivity index (χ1v) is 3.07. The van der Waals surface area contributed by atoms with Crippen LogP contribution in [0.25, 0.3) is 0 Å². The van der Waals surface area contributed by atoms with Crippen molar-refractivity contribution in [3.8, 4) is 23.7 Å². The quantitative estimate of drug-likeness (QED) is 0.458. The van der Waals surface area contributed by atoms with E-state index in [0.717, 1.165) is 11.1 Å². The second-order valence-corrected chi connectivity index (χ2v) is 2.08. The minimum absolute atomic E-state index is 1.04. The Kier molecular flexibility index (Phi) is 0.998. The zero-order valence-electron chi connectivity index (χ0n) is 5.31. The Morgan fingerprint density at radius 1 is 0.700 bits per heavy atom. The Balaban J connectivity index is 2.78. The van der Waals surface area contributed by atoms with Gasteiger partial charge < -0.3 is 0 Å². The van der Waals surface area contributed by atoms with Gasteiger partial charge in [-0.2, -0.15) is 0 Å². The van der Waals surface area contributed by atoms with Crippen molar-refractivity contribution >= 4 is 0 Å². The summed E-state index contributed by atoms with van der Waals surface area (Å²) in [6, 6.07) is 7.93. The molecule has 0 aliphatic heterocycles. The molecule has 0 fully saturated rings. The predicted octanol–water partition coefficient (Wildman–Crippen LogP) is 1.40. The van der Waals surface area contributed by atoms with Gasteiger partial charge in [-0.05, 0) is 36.1 Å². The van der Waals surface area contributed by atoms with E-state index in [4.69, 9.17) is 0 Å². The Bertz CT molecular complexity index is 321. The molecule has 10 heavy (non-hydrogen) atoms.